The summed E-state index contributed by atoms with van der Waals surface area (Å²) in [6.07, 6.45) is 0.394. The van der Waals surface area contributed by atoms with Crippen molar-refractivity contribution in [1.29, 1.82) is 0 Å². The third-order valence-corrected chi connectivity index (χ3v) is 3.77. The van der Waals surface area contributed by atoms with Gasteiger partial charge in [0.2, 0.25) is 0 Å². The van der Waals surface area contributed by atoms with Crippen molar-refractivity contribution in [3.63, 3.8) is 0 Å². The van der Waals surface area contributed by atoms with Gasteiger partial charge in [-0.05, 0) is 36.0 Å². The predicted octanol–water partition coefficient (Wildman–Crippen LogP) is 3.56. The number of hydrogen-bond donors (Lipinski definition) is 1. The van der Waals surface area contributed by atoms with Gasteiger partial charge in [-0.2, -0.15) is 0 Å². The number of alkyl halides is 1. The van der Waals surface area contributed by atoms with Crippen LogP contribution in [-0.4, -0.2) is 12.2 Å². The summed E-state index contributed by atoms with van der Waals surface area (Å²) in [4.78, 5) is 0. The van der Waals surface area contributed by atoms with Gasteiger partial charge in [0.1, 0.15) is 5.67 Å². The SMILES string of the molecule is Cc1cccc(C)c1CC(F)(CN)C(C)(C)C. The number of rotatable bonds is 3. The highest BCUT2D eigenvalue weighted by molar-refractivity contribution is 5.35. The quantitative estimate of drug-likeness (QED) is 0.854. The summed E-state index contributed by atoms with van der Waals surface area (Å²) >= 11 is 0. The molecule has 2 heteroatoms. The van der Waals surface area contributed by atoms with Crippen molar-refractivity contribution < 1.29 is 4.39 Å². The van der Waals surface area contributed by atoms with E-state index in [0.717, 1.165) is 16.7 Å². The average Bonchev–Trinajstić information content (AvgIpc) is 2.22. The maximum atomic E-state index is 14.9. The minimum absolute atomic E-state index is 0.0598. The smallest absolute Gasteiger partial charge is 0.132 e. The predicted molar refractivity (Wildman–Crippen MR) is 72.0 cm³/mol. The van der Waals surface area contributed by atoms with E-state index in [4.69, 9.17) is 5.73 Å². The van der Waals surface area contributed by atoms with E-state index in [1.54, 1.807) is 0 Å². The molecular weight excluding hydrogens is 213 g/mol. The van der Waals surface area contributed by atoms with E-state index in [2.05, 4.69) is 0 Å². The summed E-state index contributed by atoms with van der Waals surface area (Å²) in [5.41, 5.74) is 7.24. The maximum absolute atomic E-state index is 14.9. The molecule has 1 aromatic rings. The minimum atomic E-state index is -1.36. The Bertz CT molecular complexity index is 372. The molecule has 0 bridgehead atoms. The van der Waals surface area contributed by atoms with Crippen LogP contribution in [-0.2, 0) is 6.42 Å². The Kier molecular flexibility index (Phi) is 3.98. The Labute approximate surface area is 104 Å². The normalized spacial score (nSPS) is 15.7. The summed E-state index contributed by atoms with van der Waals surface area (Å²) < 4.78 is 14.9. The summed E-state index contributed by atoms with van der Waals surface area (Å²) in [5, 5.41) is 0. The van der Waals surface area contributed by atoms with E-state index in [1.807, 2.05) is 52.8 Å². The topological polar surface area (TPSA) is 26.0 Å². The fraction of sp³-hybridized carbons (Fsp3) is 0.600. The Morgan fingerprint density at radius 2 is 1.59 bits per heavy atom. The highest BCUT2D eigenvalue weighted by atomic mass is 19.1. The van der Waals surface area contributed by atoms with Gasteiger partial charge in [-0.1, -0.05) is 39.0 Å². The largest absolute Gasteiger partial charge is 0.327 e. The van der Waals surface area contributed by atoms with Crippen LogP contribution in [0.2, 0.25) is 0 Å². The molecule has 1 unspecified atom stereocenters. The molecule has 0 saturated carbocycles. The van der Waals surface area contributed by atoms with Crippen molar-refractivity contribution in [3.8, 4) is 0 Å². The van der Waals surface area contributed by atoms with Crippen molar-refractivity contribution in [1.82, 2.24) is 0 Å². The zero-order valence-electron chi connectivity index (χ0n) is 11.6. The lowest BCUT2D eigenvalue weighted by atomic mass is 9.73. The van der Waals surface area contributed by atoms with Crippen LogP contribution in [0.15, 0.2) is 18.2 Å². The van der Waals surface area contributed by atoms with Gasteiger partial charge in [0.15, 0.2) is 0 Å². The zero-order valence-corrected chi connectivity index (χ0v) is 11.6. The second kappa shape index (κ2) is 4.77. The van der Waals surface area contributed by atoms with Crippen molar-refractivity contribution in [3.05, 3.63) is 34.9 Å². The lowest BCUT2D eigenvalue weighted by Crippen LogP contribution is -2.47. The summed E-state index contributed by atoms with van der Waals surface area (Å²) in [6.45, 7) is 9.85. The monoisotopic (exact) mass is 237 g/mol. The summed E-state index contributed by atoms with van der Waals surface area (Å²) in [6, 6.07) is 6.07. The van der Waals surface area contributed by atoms with Gasteiger partial charge in [0, 0.05) is 13.0 Å². The van der Waals surface area contributed by atoms with E-state index >= 15 is 0 Å². The molecule has 1 aromatic carbocycles. The maximum Gasteiger partial charge on any atom is 0.132 e. The Hall–Kier alpha value is -0.890. The van der Waals surface area contributed by atoms with Gasteiger partial charge in [-0.25, -0.2) is 4.39 Å². The van der Waals surface area contributed by atoms with Crippen LogP contribution in [0.4, 0.5) is 4.39 Å². The van der Waals surface area contributed by atoms with E-state index in [-0.39, 0.29) is 6.54 Å². The van der Waals surface area contributed by atoms with Crippen molar-refractivity contribution in [2.75, 3.05) is 6.54 Å². The number of benzene rings is 1. The number of halogens is 1. The van der Waals surface area contributed by atoms with Crippen molar-refractivity contribution in [2.24, 2.45) is 11.1 Å². The molecule has 0 amide bonds. The van der Waals surface area contributed by atoms with Crippen LogP contribution in [0.1, 0.15) is 37.5 Å². The van der Waals surface area contributed by atoms with E-state index in [0.29, 0.717) is 6.42 Å². The molecule has 0 aromatic heterocycles. The number of nitrogens with two attached hydrogens (primary N) is 1. The first kappa shape index (κ1) is 14.2. The van der Waals surface area contributed by atoms with Gasteiger partial charge < -0.3 is 5.73 Å². The molecule has 17 heavy (non-hydrogen) atoms. The molecule has 2 N–H and O–H groups in total. The molecule has 1 rings (SSSR count). The third-order valence-electron chi connectivity index (χ3n) is 3.77. The van der Waals surface area contributed by atoms with Gasteiger partial charge in [-0.3, -0.25) is 0 Å². The van der Waals surface area contributed by atoms with Crippen LogP contribution in [0.25, 0.3) is 0 Å². The fourth-order valence-corrected chi connectivity index (χ4v) is 2.05. The molecule has 0 heterocycles. The second-order valence-electron chi connectivity index (χ2n) is 5.97. The van der Waals surface area contributed by atoms with E-state index < -0.39 is 11.1 Å². The molecule has 0 fully saturated rings. The molecule has 0 radical (unpaired) electrons. The fourth-order valence-electron chi connectivity index (χ4n) is 2.05. The second-order valence-corrected chi connectivity index (χ2v) is 5.97. The Morgan fingerprint density at radius 3 is 1.94 bits per heavy atom. The van der Waals surface area contributed by atoms with Gasteiger partial charge >= 0.3 is 0 Å². The first-order valence-electron chi connectivity index (χ1n) is 6.15. The van der Waals surface area contributed by atoms with Crippen LogP contribution < -0.4 is 5.73 Å². The number of aryl methyl sites for hydroxylation is 2. The van der Waals surface area contributed by atoms with Gasteiger partial charge in [-0.15, -0.1) is 0 Å². The standard InChI is InChI=1S/C15H24FN/c1-11-7-6-8-12(2)13(11)9-15(16,10-17)14(3,4)5/h6-8H,9-10,17H2,1-5H3. The lowest BCUT2D eigenvalue weighted by Gasteiger charge is -2.37. The highest BCUT2D eigenvalue weighted by Crippen LogP contribution is 2.37. The Morgan fingerprint density at radius 1 is 1.12 bits per heavy atom. The highest BCUT2D eigenvalue weighted by Gasteiger charge is 2.41. The summed E-state index contributed by atoms with van der Waals surface area (Å²) in [7, 11) is 0. The number of hydrogen-bond acceptors (Lipinski definition) is 1. The molecule has 0 aliphatic heterocycles. The van der Waals surface area contributed by atoms with Crippen LogP contribution in [0.5, 0.6) is 0 Å². The molecule has 1 atom stereocenters. The zero-order chi connectivity index (χ0) is 13.3. The third kappa shape index (κ3) is 2.86. The van der Waals surface area contributed by atoms with E-state index in [9.17, 15) is 4.39 Å². The molecule has 0 spiro atoms. The lowest BCUT2D eigenvalue weighted by molar-refractivity contribution is 0.0379. The first-order chi connectivity index (χ1) is 7.71. The van der Waals surface area contributed by atoms with Crippen molar-refractivity contribution >= 4 is 0 Å². The molecule has 0 saturated heterocycles. The average molecular weight is 237 g/mol. The minimum Gasteiger partial charge on any atom is -0.327 e. The van der Waals surface area contributed by atoms with Crippen molar-refractivity contribution in [2.45, 2.75) is 46.7 Å². The molecule has 96 valence electrons. The van der Waals surface area contributed by atoms with Crippen LogP contribution in [0.3, 0.4) is 0 Å². The summed E-state index contributed by atoms with van der Waals surface area (Å²) in [5.74, 6) is 0. The molecule has 0 aliphatic carbocycles. The molecular formula is C15H24FN. The van der Waals surface area contributed by atoms with Crippen LogP contribution in [0, 0.1) is 19.3 Å². The van der Waals surface area contributed by atoms with Gasteiger partial charge in [0.05, 0.1) is 0 Å². The molecule has 0 aliphatic rings. The first-order valence-corrected chi connectivity index (χ1v) is 6.15. The molecule has 1 nitrogen and oxygen atoms in total. The van der Waals surface area contributed by atoms with E-state index in [1.165, 1.54) is 0 Å². The Balaban J connectivity index is 3.12. The van der Waals surface area contributed by atoms with Gasteiger partial charge in [0.25, 0.3) is 0 Å². The van der Waals surface area contributed by atoms with Crippen LogP contribution >= 0.6 is 0 Å².